The summed E-state index contributed by atoms with van der Waals surface area (Å²) in [4.78, 5) is 15.2. The summed E-state index contributed by atoms with van der Waals surface area (Å²) in [5.74, 6) is 1.92. The fraction of sp³-hybridized carbons (Fsp3) is 0.500. The topological polar surface area (TPSA) is 61.3 Å². The van der Waals surface area contributed by atoms with Crippen molar-refractivity contribution in [1.29, 1.82) is 0 Å². The first-order valence-corrected chi connectivity index (χ1v) is 7.37. The van der Waals surface area contributed by atoms with Crippen LogP contribution in [0.4, 0.5) is 16.8 Å². The summed E-state index contributed by atoms with van der Waals surface area (Å²) in [5.41, 5.74) is 1.77. The summed E-state index contributed by atoms with van der Waals surface area (Å²) >= 11 is 1.59. The largest absolute Gasteiger partial charge is 0.363 e. The Balaban J connectivity index is 1.67. The lowest BCUT2D eigenvalue weighted by Gasteiger charge is -2.35. The molecule has 7 nitrogen and oxygen atoms in total. The standard InChI is InChI=1S/C12H17N7S/c1-17(2)10-7-11(14-8-13-10)18-3-5-19(6-4-18)12-16-15-9-20-12/h7-9H,3-6H2,1-2H3. The highest BCUT2D eigenvalue weighted by molar-refractivity contribution is 7.13. The van der Waals surface area contributed by atoms with Crippen molar-refractivity contribution in [3.05, 3.63) is 17.9 Å². The van der Waals surface area contributed by atoms with Crippen molar-refractivity contribution in [1.82, 2.24) is 20.2 Å². The Morgan fingerprint density at radius 3 is 2.50 bits per heavy atom. The van der Waals surface area contributed by atoms with Crippen molar-refractivity contribution in [3.8, 4) is 0 Å². The van der Waals surface area contributed by atoms with Crippen LogP contribution in [0, 0.1) is 0 Å². The van der Waals surface area contributed by atoms with E-state index in [1.54, 1.807) is 23.2 Å². The molecule has 0 amide bonds. The molecule has 2 aromatic heterocycles. The second kappa shape index (κ2) is 5.58. The molecule has 0 spiro atoms. The summed E-state index contributed by atoms with van der Waals surface area (Å²) in [5, 5.41) is 9.01. The molecule has 1 saturated heterocycles. The van der Waals surface area contributed by atoms with Gasteiger partial charge in [-0.05, 0) is 0 Å². The summed E-state index contributed by atoms with van der Waals surface area (Å²) in [6.07, 6.45) is 1.63. The van der Waals surface area contributed by atoms with Gasteiger partial charge in [0.1, 0.15) is 23.5 Å². The summed E-state index contributed by atoms with van der Waals surface area (Å²) in [7, 11) is 3.97. The second-order valence-electron chi connectivity index (χ2n) is 4.82. The summed E-state index contributed by atoms with van der Waals surface area (Å²) in [6.45, 7) is 3.75. The Labute approximate surface area is 121 Å². The van der Waals surface area contributed by atoms with Crippen molar-refractivity contribution in [2.75, 3.05) is 55.0 Å². The molecule has 3 rings (SSSR count). The zero-order chi connectivity index (χ0) is 13.9. The zero-order valence-corrected chi connectivity index (χ0v) is 12.4. The van der Waals surface area contributed by atoms with E-state index < -0.39 is 0 Å². The van der Waals surface area contributed by atoms with Crippen LogP contribution in [0.3, 0.4) is 0 Å². The zero-order valence-electron chi connectivity index (χ0n) is 11.6. The lowest BCUT2D eigenvalue weighted by atomic mass is 10.3. The SMILES string of the molecule is CN(C)c1cc(N2CCN(c3nncs3)CC2)ncn1. The average Bonchev–Trinajstić information content (AvgIpc) is 3.02. The molecule has 0 radical (unpaired) electrons. The van der Waals surface area contributed by atoms with Gasteiger partial charge in [-0.25, -0.2) is 9.97 Å². The Kier molecular flexibility index (Phi) is 3.64. The maximum atomic E-state index is 4.38. The molecule has 0 saturated carbocycles. The number of anilines is 3. The van der Waals surface area contributed by atoms with Crippen molar-refractivity contribution in [2.24, 2.45) is 0 Å². The normalized spacial score (nSPS) is 15.5. The quantitative estimate of drug-likeness (QED) is 0.825. The third-order valence-electron chi connectivity index (χ3n) is 3.32. The van der Waals surface area contributed by atoms with Gasteiger partial charge in [0.15, 0.2) is 0 Å². The minimum atomic E-state index is 0.932. The number of piperazine rings is 1. The van der Waals surface area contributed by atoms with Crippen molar-refractivity contribution < 1.29 is 0 Å². The van der Waals surface area contributed by atoms with Gasteiger partial charge in [-0.15, -0.1) is 10.2 Å². The first-order valence-electron chi connectivity index (χ1n) is 6.49. The van der Waals surface area contributed by atoms with E-state index in [0.717, 1.165) is 42.9 Å². The van der Waals surface area contributed by atoms with E-state index in [2.05, 4.69) is 30.0 Å². The number of nitrogens with zero attached hydrogens (tertiary/aromatic N) is 7. The molecule has 3 heterocycles. The van der Waals surface area contributed by atoms with Crippen LogP contribution in [0.15, 0.2) is 17.9 Å². The molecule has 1 aliphatic rings. The molecule has 0 unspecified atom stereocenters. The number of hydrogen-bond acceptors (Lipinski definition) is 8. The molecule has 20 heavy (non-hydrogen) atoms. The molecule has 8 heteroatoms. The van der Waals surface area contributed by atoms with Gasteiger partial charge in [0, 0.05) is 46.3 Å². The van der Waals surface area contributed by atoms with Gasteiger partial charge in [-0.3, -0.25) is 0 Å². The Morgan fingerprint density at radius 1 is 1.10 bits per heavy atom. The smallest absolute Gasteiger partial charge is 0.208 e. The average molecular weight is 291 g/mol. The molecular weight excluding hydrogens is 274 g/mol. The Bertz CT molecular complexity index is 549. The minimum Gasteiger partial charge on any atom is -0.363 e. The molecule has 0 aliphatic carbocycles. The van der Waals surface area contributed by atoms with Crippen LogP contribution in [0.5, 0.6) is 0 Å². The van der Waals surface area contributed by atoms with Crippen LogP contribution in [0.1, 0.15) is 0 Å². The van der Waals surface area contributed by atoms with E-state index >= 15 is 0 Å². The molecule has 1 aliphatic heterocycles. The Morgan fingerprint density at radius 2 is 1.85 bits per heavy atom. The lowest BCUT2D eigenvalue weighted by Crippen LogP contribution is -2.46. The summed E-state index contributed by atoms with van der Waals surface area (Å²) in [6, 6.07) is 2.03. The minimum absolute atomic E-state index is 0.932. The maximum absolute atomic E-state index is 4.38. The van der Waals surface area contributed by atoms with E-state index in [9.17, 15) is 0 Å². The van der Waals surface area contributed by atoms with E-state index in [1.807, 2.05) is 25.1 Å². The van der Waals surface area contributed by atoms with Gasteiger partial charge in [0.05, 0.1) is 0 Å². The highest BCUT2D eigenvalue weighted by Gasteiger charge is 2.20. The number of rotatable bonds is 3. The number of aromatic nitrogens is 4. The Hall–Kier alpha value is -1.96. The lowest BCUT2D eigenvalue weighted by molar-refractivity contribution is 0.643. The van der Waals surface area contributed by atoms with Gasteiger partial charge in [-0.2, -0.15) is 0 Å². The van der Waals surface area contributed by atoms with Crippen molar-refractivity contribution in [2.45, 2.75) is 0 Å². The van der Waals surface area contributed by atoms with Gasteiger partial charge in [0.2, 0.25) is 5.13 Å². The van der Waals surface area contributed by atoms with Crippen LogP contribution in [0.25, 0.3) is 0 Å². The first-order chi connectivity index (χ1) is 9.74. The molecule has 0 N–H and O–H groups in total. The van der Waals surface area contributed by atoms with Crippen LogP contribution in [-0.2, 0) is 0 Å². The first kappa shape index (κ1) is 13.0. The molecule has 0 bridgehead atoms. The third kappa shape index (κ3) is 2.64. The molecule has 2 aromatic rings. The highest BCUT2D eigenvalue weighted by Crippen LogP contribution is 2.21. The molecule has 1 fully saturated rings. The predicted octanol–water partition coefficient (Wildman–Crippen LogP) is 0.721. The van der Waals surface area contributed by atoms with Gasteiger partial charge >= 0.3 is 0 Å². The second-order valence-corrected chi connectivity index (χ2v) is 5.64. The van der Waals surface area contributed by atoms with Crippen LogP contribution in [-0.4, -0.2) is 60.4 Å². The van der Waals surface area contributed by atoms with Crippen LogP contribution < -0.4 is 14.7 Å². The monoisotopic (exact) mass is 291 g/mol. The van der Waals surface area contributed by atoms with Crippen molar-refractivity contribution in [3.63, 3.8) is 0 Å². The van der Waals surface area contributed by atoms with E-state index in [4.69, 9.17) is 0 Å². The fourth-order valence-corrected chi connectivity index (χ4v) is 2.80. The molecule has 106 valence electrons. The van der Waals surface area contributed by atoms with Gasteiger partial charge in [0.25, 0.3) is 0 Å². The van der Waals surface area contributed by atoms with E-state index in [-0.39, 0.29) is 0 Å². The van der Waals surface area contributed by atoms with E-state index in [1.165, 1.54) is 0 Å². The van der Waals surface area contributed by atoms with Crippen LogP contribution in [0.2, 0.25) is 0 Å². The molecule has 0 aromatic carbocycles. The molecular formula is C12H17N7S. The summed E-state index contributed by atoms with van der Waals surface area (Å²) < 4.78 is 0. The van der Waals surface area contributed by atoms with Crippen LogP contribution >= 0.6 is 11.3 Å². The highest BCUT2D eigenvalue weighted by atomic mass is 32.1. The van der Waals surface area contributed by atoms with Gasteiger partial charge < -0.3 is 14.7 Å². The van der Waals surface area contributed by atoms with Gasteiger partial charge in [-0.1, -0.05) is 11.3 Å². The van der Waals surface area contributed by atoms with E-state index in [0.29, 0.717) is 0 Å². The fourth-order valence-electron chi connectivity index (χ4n) is 2.19. The third-order valence-corrected chi connectivity index (χ3v) is 4.07. The number of hydrogen-bond donors (Lipinski definition) is 0. The molecule has 0 atom stereocenters. The van der Waals surface area contributed by atoms with Crippen molar-refractivity contribution >= 4 is 28.1 Å². The predicted molar refractivity (Wildman–Crippen MR) is 80.7 cm³/mol. The maximum Gasteiger partial charge on any atom is 0.208 e.